The summed E-state index contributed by atoms with van der Waals surface area (Å²) in [5.41, 5.74) is 0. The number of ether oxygens (including phenoxy) is 3. The third-order valence-corrected chi connectivity index (χ3v) is 16.6. The van der Waals surface area contributed by atoms with E-state index in [2.05, 4.69) is 69.4 Å². The molecule has 0 aliphatic carbocycles. The predicted octanol–water partition coefficient (Wildman–Crippen LogP) is 25.3. The second-order valence-corrected chi connectivity index (χ2v) is 24.8. The minimum atomic E-state index is -0.768. The minimum absolute atomic E-state index is 0.0652. The fourth-order valence-corrected chi connectivity index (χ4v) is 11.1. The molecule has 0 heterocycles. The number of carbonyl (C=O) groups is 3. The lowest BCUT2D eigenvalue weighted by Crippen LogP contribution is -2.30. The lowest BCUT2D eigenvalue weighted by Gasteiger charge is -2.18. The normalized spacial score (nSPS) is 12.3. The van der Waals surface area contributed by atoms with Crippen molar-refractivity contribution in [1.29, 1.82) is 0 Å². The molecule has 0 aromatic carbocycles. The summed E-state index contributed by atoms with van der Waals surface area (Å²) in [6.45, 7) is 6.59. The van der Waals surface area contributed by atoms with E-state index in [1.54, 1.807) is 0 Å². The number of hydrogen-bond acceptors (Lipinski definition) is 6. The van der Waals surface area contributed by atoms with Crippen LogP contribution in [0, 0.1) is 0 Å². The summed E-state index contributed by atoms with van der Waals surface area (Å²) < 4.78 is 17.0. The SMILES string of the molecule is CC/C=C\C/C=C\C/C=C\C/C=C\CCCCCCCCCCCCCCCCCCCCC(=O)OCC(COC(=O)CCCCCCCCCCCC)OC(=O)CCCCCCCCCCCCCCCCCCCCCCCCC. The van der Waals surface area contributed by atoms with Crippen molar-refractivity contribution in [1.82, 2.24) is 0 Å². The van der Waals surface area contributed by atoms with Crippen LogP contribution in [-0.2, 0) is 28.6 Å². The van der Waals surface area contributed by atoms with Crippen LogP contribution < -0.4 is 0 Å². The van der Waals surface area contributed by atoms with E-state index in [-0.39, 0.29) is 31.1 Å². The van der Waals surface area contributed by atoms with Gasteiger partial charge in [0.15, 0.2) is 6.10 Å². The maximum Gasteiger partial charge on any atom is 0.306 e. The molecule has 1 atom stereocenters. The summed E-state index contributed by atoms with van der Waals surface area (Å²) in [5.74, 6) is -0.835. The van der Waals surface area contributed by atoms with E-state index >= 15 is 0 Å². The second-order valence-electron chi connectivity index (χ2n) is 24.8. The molecule has 0 aromatic rings. The highest BCUT2D eigenvalue weighted by Gasteiger charge is 2.19. The van der Waals surface area contributed by atoms with Gasteiger partial charge in [0, 0.05) is 19.3 Å². The van der Waals surface area contributed by atoms with Gasteiger partial charge in [-0.1, -0.05) is 371 Å². The number of allylic oxidation sites excluding steroid dienone is 8. The maximum absolute atomic E-state index is 12.9. The van der Waals surface area contributed by atoms with E-state index < -0.39 is 6.10 Å². The second kappa shape index (κ2) is 70.9. The van der Waals surface area contributed by atoms with Crippen LogP contribution in [0.1, 0.15) is 400 Å². The van der Waals surface area contributed by atoms with Gasteiger partial charge in [-0.15, -0.1) is 0 Å². The standard InChI is InChI=1S/C76H140O6/c1-4-7-10-13-16-19-22-24-26-28-30-32-34-35-36-37-38-39-40-41-43-44-46-48-50-52-54-57-60-63-66-69-75(78)81-72-73(71-80-74(77)68-65-62-59-56-21-18-15-12-9-6-3)82-76(79)70-67-64-61-58-55-53-51-49-47-45-42-33-31-29-27-25-23-20-17-14-11-8-5-2/h7,10,16,19,24,26,30,32,73H,4-6,8-9,11-15,17-18,20-23,25,27-29,31,33-72H2,1-3H3/b10-7-,19-16-,26-24-,32-30-. The van der Waals surface area contributed by atoms with Crippen molar-refractivity contribution >= 4 is 17.9 Å². The first-order chi connectivity index (χ1) is 40.5. The Hall–Kier alpha value is -2.63. The third kappa shape index (κ3) is 68.2. The molecule has 0 aromatic heterocycles. The smallest absolute Gasteiger partial charge is 0.306 e. The zero-order valence-corrected chi connectivity index (χ0v) is 55.3. The number of carbonyl (C=O) groups excluding carboxylic acids is 3. The van der Waals surface area contributed by atoms with Crippen LogP contribution in [0.3, 0.4) is 0 Å². The summed E-state index contributed by atoms with van der Waals surface area (Å²) in [7, 11) is 0. The molecule has 0 amide bonds. The molecule has 82 heavy (non-hydrogen) atoms. The van der Waals surface area contributed by atoms with Crippen molar-refractivity contribution < 1.29 is 28.6 Å². The van der Waals surface area contributed by atoms with Gasteiger partial charge >= 0.3 is 17.9 Å². The van der Waals surface area contributed by atoms with Crippen LogP contribution in [0.15, 0.2) is 48.6 Å². The number of rotatable bonds is 68. The lowest BCUT2D eigenvalue weighted by atomic mass is 10.0. The van der Waals surface area contributed by atoms with Gasteiger partial charge in [-0.2, -0.15) is 0 Å². The highest BCUT2D eigenvalue weighted by atomic mass is 16.6. The molecule has 0 saturated carbocycles. The van der Waals surface area contributed by atoms with Crippen molar-refractivity contribution in [3.63, 3.8) is 0 Å². The van der Waals surface area contributed by atoms with Gasteiger partial charge in [-0.25, -0.2) is 0 Å². The molecule has 0 aliphatic rings. The maximum atomic E-state index is 12.9. The molecule has 0 aliphatic heterocycles. The average molecular weight is 1150 g/mol. The van der Waals surface area contributed by atoms with Crippen LogP contribution in [0.2, 0.25) is 0 Å². The first-order valence-electron chi connectivity index (χ1n) is 36.6. The van der Waals surface area contributed by atoms with E-state index in [0.717, 1.165) is 83.5 Å². The molecule has 0 bridgehead atoms. The van der Waals surface area contributed by atoms with Gasteiger partial charge in [-0.05, 0) is 57.8 Å². The van der Waals surface area contributed by atoms with Crippen LogP contribution in [0.4, 0.5) is 0 Å². The summed E-state index contributed by atoms with van der Waals surface area (Å²) >= 11 is 0. The Morgan fingerprint density at radius 3 is 0.744 bits per heavy atom. The Labute approximate surface area is 511 Å². The Morgan fingerprint density at radius 1 is 0.256 bits per heavy atom. The molecule has 0 spiro atoms. The van der Waals surface area contributed by atoms with Crippen molar-refractivity contribution in [2.24, 2.45) is 0 Å². The van der Waals surface area contributed by atoms with Crippen molar-refractivity contribution in [3.8, 4) is 0 Å². The Bertz CT molecular complexity index is 1410. The predicted molar refractivity (Wildman–Crippen MR) is 358 cm³/mol. The van der Waals surface area contributed by atoms with E-state index in [9.17, 15) is 14.4 Å². The van der Waals surface area contributed by atoms with E-state index in [0.29, 0.717) is 19.3 Å². The summed E-state index contributed by atoms with van der Waals surface area (Å²) in [5, 5.41) is 0. The molecular weight excluding hydrogens is 1010 g/mol. The molecule has 1 unspecified atom stereocenters. The van der Waals surface area contributed by atoms with E-state index in [1.165, 1.54) is 276 Å². The zero-order valence-electron chi connectivity index (χ0n) is 55.3. The molecule has 6 nitrogen and oxygen atoms in total. The molecule has 480 valence electrons. The van der Waals surface area contributed by atoms with Gasteiger partial charge in [0.1, 0.15) is 13.2 Å². The summed E-state index contributed by atoms with van der Waals surface area (Å²) in [6, 6.07) is 0. The van der Waals surface area contributed by atoms with Crippen LogP contribution in [-0.4, -0.2) is 37.2 Å². The fraction of sp³-hybridized carbons (Fsp3) is 0.855. The summed E-state index contributed by atoms with van der Waals surface area (Å²) in [6.07, 6.45) is 90.2. The number of esters is 3. The average Bonchev–Trinajstić information content (AvgIpc) is 3.47. The molecule has 0 N–H and O–H groups in total. The number of unbranched alkanes of at least 4 members (excludes halogenated alkanes) is 49. The Kier molecular flexibility index (Phi) is 68.6. The van der Waals surface area contributed by atoms with Crippen LogP contribution >= 0.6 is 0 Å². The van der Waals surface area contributed by atoms with Crippen LogP contribution in [0.5, 0.6) is 0 Å². The van der Waals surface area contributed by atoms with E-state index in [4.69, 9.17) is 14.2 Å². The summed E-state index contributed by atoms with van der Waals surface area (Å²) in [4.78, 5) is 38.4. The quantitative estimate of drug-likeness (QED) is 0.0261. The molecule has 6 heteroatoms. The fourth-order valence-electron chi connectivity index (χ4n) is 11.1. The molecular formula is C76H140O6. The largest absolute Gasteiger partial charge is 0.462 e. The van der Waals surface area contributed by atoms with Gasteiger partial charge in [0.25, 0.3) is 0 Å². The highest BCUT2D eigenvalue weighted by Crippen LogP contribution is 2.19. The Morgan fingerprint density at radius 2 is 0.476 bits per heavy atom. The van der Waals surface area contributed by atoms with Gasteiger partial charge in [-0.3, -0.25) is 14.4 Å². The molecule has 0 fully saturated rings. The lowest BCUT2D eigenvalue weighted by molar-refractivity contribution is -0.167. The third-order valence-electron chi connectivity index (χ3n) is 16.6. The monoisotopic (exact) mass is 1150 g/mol. The first kappa shape index (κ1) is 79.4. The molecule has 0 radical (unpaired) electrons. The highest BCUT2D eigenvalue weighted by molar-refractivity contribution is 5.71. The topological polar surface area (TPSA) is 78.9 Å². The van der Waals surface area contributed by atoms with Gasteiger partial charge in [0.05, 0.1) is 0 Å². The Balaban J connectivity index is 4.09. The number of hydrogen-bond donors (Lipinski definition) is 0. The molecule has 0 rings (SSSR count). The van der Waals surface area contributed by atoms with Crippen LogP contribution in [0.25, 0.3) is 0 Å². The first-order valence-corrected chi connectivity index (χ1v) is 36.6. The zero-order chi connectivity index (χ0) is 59.2. The molecule has 0 saturated heterocycles. The van der Waals surface area contributed by atoms with Gasteiger partial charge in [0.2, 0.25) is 0 Å². The van der Waals surface area contributed by atoms with Crippen molar-refractivity contribution in [2.45, 2.75) is 406 Å². The minimum Gasteiger partial charge on any atom is -0.462 e. The van der Waals surface area contributed by atoms with Crippen molar-refractivity contribution in [2.75, 3.05) is 13.2 Å². The van der Waals surface area contributed by atoms with Gasteiger partial charge < -0.3 is 14.2 Å². The van der Waals surface area contributed by atoms with Crippen molar-refractivity contribution in [3.05, 3.63) is 48.6 Å². The van der Waals surface area contributed by atoms with E-state index in [1.807, 2.05) is 0 Å².